The van der Waals surface area contributed by atoms with Gasteiger partial charge in [-0.05, 0) is 55.1 Å². The van der Waals surface area contributed by atoms with Crippen LogP contribution >= 0.6 is 0 Å². The molecule has 0 unspecified atom stereocenters. The van der Waals surface area contributed by atoms with Crippen molar-refractivity contribution in [2.24, 2.45) is 0 Å². The van der Waals surface area contributed by atoms with Crippen LogP contribution in [0.15, 0.2) is 60.7 Å². The van der Waals surface area contributed by atoms with Gasteiger partial charge in [0.25, 0.3) is 0 Å². The molecule has 6 rings (SSSR count). The second-order valence-electron chi connectivity index (χ2n) is 10.5. The van der Waals surface area contributed by atoms with Crippen LogP contribution in [0.2, 0.25) is 0 Å². The van der Waals surface area contributed by atoms with Crippen LogP contribution in [0.3, 0.4) is 0 Å². The number of rotatable bonds is 2. The molecule has 36 heavy (non-hydrogen) atoms. The van der Waals surface area contributed by atoms with E-state index in [1.54, 1.807) is 35.4 Å². The first-order chi connectivity index (χ1) is 16.6. The fraction of sp³-hybridized carbons (Fsp3) is 0.455. The molecule has 0 amide bonds. The monoisotopic (exact) mass is 596 g/mol. The molecular weight excluding hydrogens is 558 g/mol. The second-order valence-corrected chi connectivity index (χ2v) is 13.0. The SMILES string of the molecule is C[C](C)=[Zr+2].[Cl-].[Cl-].[c-]1c(C2CCCCC2)ccc2c1Cc1cc(C3CCCCC3)ccc1-2.c1cc[cH-]c1. The zero-order chi connectivity index (χ0) is 23.8. The summed E-state index contributed by atoms with van der Waals surface area (Å²) >= 11 is 1.55. The van der Waals surface area contributed by atoms with Crippen LogP contribution in [-0.4, -0.2) is 3.21 Å². The topological polar surface area (TPSA) is 0 Å². The first kappa shape index (κ1) is 31.3. The first-order valence-electron chi connectivity index (χ1n) is 13.5. The molecule has 2 fully saturated rings. The molecule has 0 nitrogen and oxygen atoms in total. The van der Waals surface area contributed by atoms with E-state index >= 15 is 0 Å². The largest absolute Gasteiger partial charge is 1.00 e. The van der Waals surface area contributed by atoms with Crippen LogP contribution in [0.5, 0.6) is 0 Å². The van der Waals surface area contributed by atoms with E-state index in [1.165, 1.54) is 89.7 Å². The Morgan fingerprint density at radius 3 is 1.89 bits per heavy atom. The van der Waals surface area contributed by atoms with Gasteiger partial charge in [0.2, 0.25) is 0 Å². The molecule has 0 N–H and O–H groups in total. The molecule has 0 heterocycles. The third-order valence-electron chi connectivity index (χ3n) is 7.51. The van der Waals surface area contributed by atoms with Gasteiger partial charge < -0.3 is 24.8 Å². The van der Waals surface area contributed by atoms with Crippen LogP contribution in [0.4, 0.5) is 0 Å². The molecule has 3 aromatic rings. The zero-order valence-corrected chi connectivity index (χ0v) is 25.9. The number of benzene rings is 2. The number of fused-ring (bicyclic) bond motifs is 3. The molecule has 0 aromatic heterocycles. The normalized spacial score (nSPS) is 16.6. The van der Waals surface area contributed by atoms with Gasteiger partial charge in [0, 0.05) is 0 Å². The van der Waals surface area contributed by atoms with Crippen molar-refractivity contribution < 1.29 is 49.0 Å². The molecule has 3 aliphatic rings. The predicted molar refractivity (Wildman–Crippen MR) is 144 cm³/mol. The quantitative estimate of drug-likeness (QED) is 0.311. The van der Waals surface area contributed by atoms with Crippen LogP contribution in [0.25, 0.3) is 11.1 Å². The number of hydrogen-bond donors (Lipinski definition) is 0. The van der Waals surface area contributed by atoms with E-state index in [-0.39, 0.29) is 24.8 Å². The first-order valence-corrected chi connectivity index (χ1v) is 14.7. The van der Waals surface area contributed by atoms with E-state index in [1.807, 2.05) is 30.3 Å². The zero-order valence-electron chi connectivity index (χ0n) is 22.0. The van der Waals surface area contributed by atoms with Crippen LogP contribution in [0, 0.1) is 6.07 Å². The van der Waals surface area contributed by atoms with Crippen molar-refractivity contribution in [3.05, 3.63) is 89.0 Å². The van der Waals surface area contributed by atoms with E-state index in [9.17, 15) is 0 Å². The van der Waals surface area contributed by atoms with Gasteiger partial charge in [0.05, 0.1) is 0 Å². The summed E-state index contributed by atoms with van der Waals surface area (Å²) in [5.74, 6) is 1.57. The Bertz CT molecular complexity index is 955. The summed E-state index contributed by atoms with van der Waals surface area (Å²) in [5.41, 5.74) is 9.01. The molecule has 2 saturated carbocycles. The summed E-state index contributed by atoms with van der Waals surface area (Å²) in [6.45, 7) is 4.25. The van der Waals surface area contributed by atoms with Crippen molar-refractivity contribution in [3.63, 3.8) is 0 Å². The average Bonchev–Trinajstić information content (AvgIpc) is 3.56. The fourth-order valence-corrected chi connectivity index (χ4v) is 5.82. The molecule has 3 aliphatic carbocycles. The van der Waals surface area contributed by atoms with Crippen molar-refractivity contribution in [2.75, 3.05) is 0 Å². The van der Waals surface area contributed by atoms with Crippen LogP contribution in [-0.2, 0) is 30.7 Å². The van der Waals surface area contributed by atoms with Crippen LogP contribution < -0.4 is 24.8 Å². The van der Waals surface area contributed by atoms with Gasteiger partial charge in [-0.2, -0.15) is 42.0 Å². The van der Waals surface area contributed by atoms with Gasteiger partial charge in [0.1, 0.15) is 0 Å². The summed E-state index contributed by atoms with van der Waals surface area (Å²) in [4.78, 5) is 0. The fourth-order valence-electron chi connectivity index (χ4n) is 5.82. The minimum absolute atomic E-state index is 0. The summed E-state index contributed by atoms with van der Waals surface area (Å²) in [5, 5.41) is 0. The smallest absolute Gasteiger partial charge is 0.0162 e. The van der Waals surface area contributed by atoms with Crippen molar-refractivity contribution in [3.8, 4) is 11.1 Å². The maximum absolute atomic E-state index is 3.84. The Balaban J connectivity index is 0.000000357. The maximum Gasteiger partial charge on any atom is -0.0162 e. The summed E-state index contributed by atoms with van der Waals surface area (Å²) in [7, 11) is 0. The number of halogens is 2. The van der Waals surface area contributed by atoms with E-state index in [4.69, 9.17) is 0 Å². The second kappa shape index (κ2) is 16.2. The Kier molecular flexibility index (Phi) is 14.1. The molecule has 3 aromatic carbocycles. The van der Waals surface area contributed by atoms with Gasteiger partial charge >= 0.3 is 41.3 Å². The van der Waals surface area contributed by atoms with Crippen molar-refractivity contribution in [1.82, 2.24) is 0 Å². The molecule has 0 radical (unpaired) electrons. The van der Waals surface area contributed by atoms with Crippen LogP contribution in [0.1, 0.15) is 112 Å². The standard InChI is InChI=1S/C25H29.C5H5.C3H6.2ClH.Zr/c1-3-7-18(8-4-1)20-11-13-24-22(15-20)17-23-16-21(12-14-25(23)24)19-9-5-2-6-10-19;1-2-4-5-3-1;1-3-2;;;/h11-15,18-19H,1-10,17H2;1-5H;1-2H3;2*1H;/q2*-1;;;;+2/p-2. The third-order valence-corrected chi connectivity index (χ3v) is 7.51. The molecular formula is C33H40Cl2Zr-2. The van der Waals surface area contributed by atoms with Gasteiger partial charge in [-0.1, -0.05) is 62.3 Å². The minimum Gasteiger partial charge on any atom is -1.00 e. The number of hydrogen-bond acceptors (Lipinski definition) is 0. The maximum atomic E-state index is 3.84. The molecule has 3 heteroatoms. The van der Waals surface area contributed by atoms with E-state index in [0.29, 0.717) is 0 Å². The van der Waals surface area contributed by atoms with Gasteiger partial charge in [-0.3, -0.25) is 0 Å². The molecule has 0 bridgehead atoms. The molecule has 192 valence electrons. The van der Waals surface area contributed by atoms with Gasteiger partial charge in [0.15, 0.2) is 0 Å². The van der Waals surface area contributed by atoms with Gasteiger partial charge in [-0.25, -0.2) is 12.1 Å². The summed E-state index contributed by atoms with van der Waals surface area (Å²) in [6.07, 6.45) is 15.1. The molecule has 0 atom stereocenters. The Morgan fingerprint density at radius 1 is 0.778 bits per heavy atom. The van der Waals surface area contributed by atoms with E-state index < -0.39 is 0 Å². The predicted octanol–water partition coefficient (Wildman–Crippen LogP) is 3.31. The van der Waals surface area contributed by atoms with Crippen molar-refractivity contribution >= 4 is 3.21 Å². The Hall–Kier alpha value is -0.877. The third kappa shape index (κ3) is 8.86. The van der Waals surface area contributed by atoms with E-state index in [0.717, 1.165) is 18.3 Å². The van der Waals surface area contributed by atoms with Crippen molar-refractivity contribution in [1.29, 1.82) is 0 Å². The Labute approximate surface area is 247 Å². The minimum atomic E-state index is 0. The molecule has 0 aliphatic heterocycles. The summed E-state index contributed by atoms with van der Waals surface area (Å²) in [6, 6.07) is 26.0. The molecule has 0 spiro atoms. The van der Waals surface area contributed by atoms with Crippen molar-refractivity contribution in [2.45, 2.75) is 96.3 Å². The van der Waals surface area contributed by atoms with E-state index in [2.05, 4.69) is 50.2 Å². The Morgan fingerprint density at radius 2 is 1.33 bits per heavy atom. The summed E-state index contributed by atoms with van der Waals surface area (Å²) < 4.78 is 1.51. The average molecular weight is 599 g/mol. The molecule has 0 saturated heterocycles. The van der Waals surface area contributed by atoms with Gasteiger partial charge in [-0.15, -0.1) is 11.1 Å².